The van der Waals surface area contributed by atoms with Gasteiger partial charge in [0.1, 0.15) is 0 Å². The molecule has 4 rings (SSSR count). The molecule has 0 spiro atoms. The van der Waals surface area contributed by atoms with E-state index in [1.807, 2.05) is 30.3 Å². The number of rotatable bonds is 2. The zero-order valence-corrected chi connectivity index (χ0v) is 12.4. The predicted octanol–water partition coefficient (Wildman–Crippen LogP) is 1.34. The van der Waals surface area contributed by atoms with E-state index in [0.29, 0.717) is 43.8 Å². The minimum Gasteiger partial charge on any atom is -0.449 e. The van der Waals surface area contributed by atoms with E-state index >= 15 is 0 Å². The molecule has 1 amide bonds. The van der Waals surface area contributed by atoms with Crippen LogP contribution in [0.5, 0.6) is 11.6 Å². The monoisotopic (exact) mass is 313 g/mol. The zero-order chi connectivity index (χ0) is 15.6. The summed E-state index contributed by atoms with van der Waals surface area (Å²) in [7, 11) is 0. The van der Waals surface area contributed by atoms with Crippen LogP contribution in [0.15, 0.2) is 30.3 Å². The van der Waals surface area contributed by atoms with Crippen molar-refractivity contribution in [1.82, 2.24) is 14.9 Å². The molecule has 0 N–H and O–H groups in total. The Balaban J connectivity index is 1.76. The normalized spacial score (nSPS) is 16.4. The van der Waals surface area contributed by atoms with Gasteiger partial charge in [-0.2, -0.15) is 4.98 Å². The summed E-state index contributed by atoms with van der Waals surface area (Å²) in [6, 6.07) is 9.48. The summed E-state index contributed by atoms with van der Waals surface area (Å²) in [4.78, 5) is 23.3. The van der Waals surface area contributed by atoms with Crippen LogP contribution in [-0.2, 0) is 4.74 Å². The van der Waals surface area contributed by atoms with Crippen molar-refractivity contribution in [1.29, 1.82) is 0 Å². The van der Waals surface area contributed by atoms with Gasteiger partial charge in [-0.25, -0.2) is 4.98 Å². The van der Waals surface area contributed by atoms with Crippen molar-refractivity contribution in [2.45, 2.75) is 0 Å². The molecule has 1 fully saturated rings. The number of carbonyl (C=O) groups excluding carboxylic acids is 1. The lowest BCUT2D eigenvalue weighted by molar-refractivity contribution is 0.0296. The number of hydrogen-bond acceptors (Lipinski definition) is 6. The molecule has 7 heteroatoms. The highest BCUT2D eigenvalue weighted by atomic mass is 16.7. The van der Waals surface area contributed by atoms with Crippen LogP contribution >= 0.6 is 0 Å². The van der Waals surface area contributed by atoms with Gasteiger partial charge >= 0.3 is 0 Å². The minimum atomic E-state index is -0.186. The second kappa shape index (κ2) is 5.85. The maximum absolute atomic E-state index is 12.8. The highest BCUT2D eigenvalue weighted by molar-refractivity contribution is 5.96. The summed E-state index contributed by atoms with van der Waals surface area (Å²) < 4.78 is 16.1. The van der Waals surface area contributed by atoms with Crippen molar-refractivity contribution < 1.29 is 19.0 Å². The van der Waals surface area contributed by atoms with Gasteiger partial charge in [0.25, 0.3) is 11.8 Å². The molecule has 0 radical (unpaired) electrons. The summed E-state index contributed by atoms with van der Waals surface area (Å²) in [5.74, 6) is 0.901. The molecular weight excluding hydrogens is 298 g/mol. The maximum Gasteiger partial charge on any atom is 0.276 e. The Bertz CT molecular complexity index is 730. The summed E-state index contributed by atoms with van der Waals surface area (Å²) in [5, 5.41) is 0. The van der Waals surface area contributed by atoms with Gasteiger partial charge in [-0.3, -0.25) is 4.79 Å². The SMILES string of the molecule is O=C(c1nc(-c2ccccc2)nc2c1OCO2)N1CCOCC1. The fourth-order valence-corrected chi connectivity index (χ4v) is 2.58. The number of nitrogens with zero attached hydrogens (tertiary/aromatic N) is 3. The Kier molecular flexibility index (Phi) is 3.55. The molecule has 1 aromatic heterocycles. The van der Waals surface area contributed by atoms with Gasteiger partial charge in [-0.05, 0) is 0 Å². The van der Waals surface area contributed by atoms with Crippen molar-refractivity contribution in [3.05, 3.63) is 36.0 Å². The van der Waals surface area contributed by atoms with Gasteiger partial charge in [0, 0.05) is 18.7 Å². The number of aromatic nitrogens is 2. The van der Waals surface area contributed by atoms with Crippen molar-refractivity contribution in [2.24, 2.45) is 0 Å². The van der Waals surface area contributed by atoms with Gasteiger partial charge in [-0.1, -0.05) is 30.3 Å². The van der Waals surface area contributed by atoms with E-state index in [1.165, 1.54) is 0 Å². The second-order valence-electron chi connectivity index (χ2n) is 5.21. The molecule has 0 bridgehead atoms. The van der Waals surface area contributed by atoms with Crippen molar-refractivity contribution in [3.8, 4) is 23.0 Å². The van der Waals surface area contributed by atoms with Crippen LogP contribution in [0.25, 0.3) is 11.4 Å². The van der Waals surface area contributed by atoms with E-state index in [-0.39, 0.29) is 18.4 Å². The van der Waals surface area contributed by atoms with E-state index in [1.54, 1.807) is 4.90 Å². The first kappa shape index (κ1) is 14.0. The fraction of sp³-hybridized carbons (Fsp3) is 0.312. The molecule has 1 aromatic carbocycles. The van der Waals surface area contributed by atoms with Crippen LogP contribution in [-0.4, -0.2) is 53.9 Å². The number of carbonyl (C=O) groups is 1. The van der Waals surface area contributed by atoms with Crippen LogP contribution < -0.4 is 9.47 Å². The van der Waals surface area contributed by atoms with Gasteiger partial charge in [0.2, 0.25) is 12.5 Å². The largest absolute Gasteiger partial charge is 0.449 e. The second-order valence-corrected chi connectivity index (χ2v) is 5.21. The molecule has 0 saturated carbocycles. The summed E-state index contributed by atoms with van der Waals surface area (Å²) in [6.07, 6.45) is 0. The maximum atomic E-state index is 12.8. The van der Waals surface area contributed by atoms with E-state index in [2.05, 4.69) is 9.97 Å². The lowest BCUT2D eigenvalue weighted by Gasteiger charge is -2.26. The first-order valence-corrected chi connectivity index (χ1v) is 7.43. The minimum absolute atomic E-state index is 0.0473. The standard InChI is InChI=1S/C16H15N3O4/c20-16(19-6-8-21-9-7-19)12-13-15(23-10-22-13)18-14(17-12)11-4-2-1-3-5-11/h1-5H,6-10H2. The smallest absolute Gasteiger partial charge is 0.276 e. The quantitative estimate of drug-likeness (QED) is 0.833. The molecule has 0 aliphatic carbocycles. The van der Waals surface area contributed by atoms with Crippen LogP contribution in [0.1, 0.15) is 10.5 Å². The summed E-state index contributed by atoms with van der Waals surface area (Å²) in [6.45, 7) is 2.19. The number of benzene rings is 1. The Morgan fingerprint density at radius 1 is 1.04 bits per heavy atom. The van der Waals surface area contributed by atoms with E-state index in [9.17, 15) is 4.79 Å². The van der Waals surface area contributed by atoms with E-state index in [4.69, 9.17) is 14.2 Å². The first-order valence-electron chi connectivity index (χ1n) is 7.43. The van der Waals surface area contributed by atoms with Crippen molar-refractivity contribution in [3.63, 3.8) is 0 Å². The van der Waals surface area contributed by atoms with E-state index in [0.717, 1.165) is 5.56 Å². The predicted molar refractivity (Wildman–Crippen MR) is 80.3 cm³/mol. The van der Waals surface area contributed by atoms with Crippen LogP contribution in [0.3, 0.4) is 0 Å². The Labute approximate surface area is 132 Å². The highest BCUT2D eigenvalue weighted by Gasteiger charge is 2.30. The van der Waals surface area contributed by atoms with Gasteiger partial charge in [0.05, 0.1) is 13.2 Å². The lowest BCUT2D eigenvalue weighted by Crippen LogP contribution is -2.41. The average Bonchev–Trinajstić information content (AvgIpc) is 3.10. The topological polar surface area (TPSA) is 73.8 Å². The van der Waals surface area contributed by atoms with Crippen molar-refractivity contribution in [2.75, 3.05) is 33.1 Å². The molecule has 2 aliphatic rings. The third kappa shape index (κ3) is 2.59. The average molecular weight is 313 g/mol. The molecule has 118 valence electrons. The Hall–Kier alpha value is -2.67. The number of fused-ring (bicyclic) bond motifs is 1. The van der Waals surface area contributed by atoms with E-state index < -0.39 is 0 Å². The van der Waals surface area contributed by atoms with Gasteiger partial charge in [-0.15, -0.1) is 0 Å². The molecule has 0 atom stereocenters. The number of amides is 1. The first-order chi connectivity index (χ1) is 11.3. The molecule has 3 heterocycles. The number of morpholine rings is 1. The molecular formula is C16H15N3O4. The fourth-order valence-electron chi connectivity index (χ4n) is 2.58. The van der Waals surface area contributed by atoms with Crippen LogP contribution in [0.2, 0.25) is 0 Å². The molecule has 2 aromatic rings. The van der Waals surface area contributed by atoms with Crippen LogP contribution in [0.4, 0.5) is 0 Å². The zero-order valence-electron chi connectivity index (χ0n) is 12.4. The highest BCUT2D eigenvalue weighted by Crippen LogP contribution is 2.35. The Morgan fingerprint density at radius 2 is 1.83 bits per heavy atom. The molecule has 0 unspecified atom stereocenters. The Morgan fingerprint density at radius 3 is 2.61 bits per heavy atom. The van der Waals surface area contributed by atoms with Crippen LogP contribution in [0, 0.1) is 0 Å². The molecule has 23 heavy (non-hydrogen) atoms. The third-order valence-corrected chi connectivity index (χ3v) is 3.77. The molecule has 7 nitrogen and oxygen atoms in total. The number of hydrogen-bond donors (Lipinski definition) is 0. The summed E-state index contributed by atoms with van der Waals surface area (Å²) in [5.41, 5.74) is 1.06. The number of ether oxygens (including phenoxy) is 3. The van der Waals surface area contributed by atoms with Gasteiger partial charge in [0.15, 0.2) is 11.5 Å². The van der Waals surface area contributed by atoms with Crippen molar-refractivity contribution >= 4 is 5.91 Å². The molecule has 1 saturated heterocycles. The van der Waals surface area contributed by atoms with Gasteiger partial charge < -0.3 is 19.1 Å². The summed E-state index contributed by atoms with van der Waals surface area (Å²) >= 11 is 0. The third-order valence-electron chi connectivity index (χ3n) is 3.77. The lowest BCUT2D eigenvalue weighted by atomic mass is 10.2. The molecule has 2 aliphatic heterocycles.